The molecule has 0 spiro atoms. The summed E-state index contributed by atoms with van der Waals surface area (Å²) in [6.45, 7) is 8.89. The number of ether oxygens (including phenoxy) is 5. The van der Waals surface area contributed by atoms with Gasteiger partial charge in [-0.2, -0.15) is 0 Å². The van der Waals surface area contributed by atoms with E-state index in [9.17, 15) is 22.8 Å². The molecule has 0 aromatic heterocycles. The van der Waals surface area contributed by atoms with E-state index in [1.807, 2.05) is 69.3 Å². The van der Waals surface area contributed by atoms with Crippen LogP contribution in [0.2, 0.25) is 0 Å². The van der Waals surface area contributed by atoms with E-state index in [2.05, 4.69) is 20.3 Å². The predicted molar refractivity (Wildman–Crippen MR) is 229 cm³/mol. The molecule has 2 amide bonds. The molecule has 6 rings (SSSR count). The number of benzene rings is 4. The zero-order valence-electron chi connectivity index (χ0n) is 35.5. The Hall–Kier alpha value is -6.29. The molecule has 1 atom stereocenters. The number of hydrogen-bond donors (Lipinski definition) is 4. The van der Waals surface area contributed by atoms with Crippen LogP contribution in [0.1, 0.15) is 71.6 Å². The first-order chi connectivity index (χ1) is 29.0. The van der Waals surface area contributed by atoms with Crippen molar-refractivity contribution in [1.82, 2.24) is 15.4 Å². The molecule has 1 aliphatic heterocycles. The Bertz CT molecular complexity index is 2420. The number of nitrogens with one attached hydrogen (secondary N) is 3. The van der Waals surface area contributed by atoms with Crippen molar-refractivity contribution in [3.8, 4) is 28.4 Å². The van der Waals surface area contributed by atoms with Crippen LogP contribution < -0.4 is 35.3 Å². The zero-order valence-corrected chi connectivity index (χ0v) is 36.3. The summed E-state index contributed by atoms with van der Waals surface area (Å²) >= 11 is 0. The van der Waals surface area contributed by atoms with Crippen LogP contribution in [0.3, 0.4) is 0 Å². The molecule has 15 nitrogen and oxygen atoms in total. The highest BCUT2D eigenvalue weighted by Gasteiger charge is 2.37. The average molecular weight is 856 g/mol. The number of nitrogens with zero attached hydrogens (tertiary/aromatic N) is 1. The van der Waals surface area contributed by atoms with Gasteiger partial charge < -0.3 is 40.1 Å². The van der Waals surface area contributed by atoms with Gasteiger partial charge in [0.05, 0.1) is 12.0 Å². The van der Waals surface area contributed by atoms with Gasteiger partial charge in [-0.25, -0.2) is 22.7 Å². The van der Waals surface area contributed by atoms with E-state index >= 15 is 0 Å². The van der Waals surface area contributed by atoms with Crippen molar-refractivity contribution in [2.24, 2.45) is 10.7 Å². The molecule has 4 aromatic carbocycles. The lowest BCUT2D eigenvalue weighted by atomic mass is 9.94. The molecule has 0 fully saturated rings. The van der Waals surface area contributed by atoms with Gasteiger partial charge in [0.1, 0.15) is 42.1 Å². The van der Waals surface area contributed by atoms with Crippen LogP contribution in [0.5, 0.6) is 17.2 Å². The molecular weight excluding hydrogens is 803 g/mol. The lowest BCUT2D eigenvalue weighted by Crippen LogP contribution is -2.42. The fourth-order valence-corrected chi connectivity index (χ4v) is 9.32. The van der Waals surface area contributed by atoms with Gasteiger partial charge in [0.25, 0.3) is 15.9 Å². The first kappa shape index (κ1) is 44.3. The number of carbonyl (C=O) groups excluding carboxylic acids is 3. The number of hydrogen-bond acceptors (Lipinski definition) is 11. The van der Waals surface area contributed by atoms with Crippen molar-refractivity contribution >= 4 is 34.0 Å². The van der Waals surface area contributed by atoms with Crippen molar-refractivity contribution in [1.29, 1.82) is 0 Å². The summed E-state index contributed by atoms with van der Waals surface area (Å²) in [6, 6.07) is 19.5. The fourth-order valence-electron chi connectivity index (χ4n) is 7.80. The van der Waals surface area contributed by atoms with Gasteiger partial charge in [0.2, 0.25) is 5.96 Å². The van der Waals surface area contributed by atoms with E-state index in [1.165, 1.54) is 14.2 Å². The van der Waals surface area contributed by atoms with Gasteiger partial charge in [-0.1, -0.05) is 48.5 Å². The third-order valence-electron chi connectivity index (χ3n) is 10.9. The molecule has 0 saturated heterocycles. The number of aliphatic imine (C=N–C) groups is 1. The summed E-state index contributed by atoms with van der Waals surface area (Å²) in [5.74, 6) is -0.149. The van der Waals surface area contributed by atoms with E-state index in [0.717, 1.165) is 33.4 Å². The molecule has 0 unspecified atom stereocenters. The molecule has 0 bridgehead atoms. The molecule has 2 aliphatic rings. The van der Waals surface area contributed by atoms with E-state index < -0.39 is 33.7 Å². The number of esters is 1. The van der Waals surface area contributed by atoms with E-state index in [-0.39, 0.29) is 61.9 Å². The van der Waals surface area contributed by atoms with Crippen molar-refractivity contribution in [2.45, 2.75) is 82.9 Å². The highest BCUT2D eigenvalue weighted by atomic mass is 32.2. The Balaban J connectivity index is 1.12. The standard InChI is InChI=1S/C45H53N5O10S/c1-26-27(2)41(28(3)35-22-45(4,5)60-40(26)35)61(54,55)50-43(46)48-20-12-17-37(42(52)58-23-29-18-19-30(21-38(29)56-7)57-25-39(51)47-6)49-44(53)59-24-36-33-15-10-8-13-31(33)32-14-9-11-16-34(32)36/h8-11,13-16,18-19,21,36-37H,12,17,20,22-25H2,1-7H3,(H,47,51)(H,49,53)(H3,46,48,50)/t37-/m0/s1. The first-order valence-electron chi connectivity index (χ1n) is 20.0. The Morgan fingerprint density at radius 3 is 2.28 bits per heavy atom. The zero-order chi connectivity index (χ0) is 44.1. The van der Waals surface area contributed by atoms with Gasteiger partial charge >= 0.3 is 12.1 Å². The van der Waals surface area contributed by atoms with E-state index in [1.54, 1.807) is 32.0 Å². The molecule has 1 heterocycles. The highest BCUT2D eigenvalue weighted by Crippen LogP contribution is 2.45. The lowest BCUT2D eigenvalue weighted by Gasteiger charge is -2.20. The number of carbonyl (C=O) groups is 3. The van der Waals surface area contributed by atoms with Gasteiger partial charge in [-0.15, -0.1) is 0 Å². The number of fused-ring (bicyclic) bond motifs is 4. The van der Waals surface area contributed by atoms with E-state index in [0.29, 0.717) is 40.4 Å². The topological polar surface area (TPSA) is 206 Å². The van der Waals surface area contributed by atoms with E-state index in [4.69, 9.17) is 29.4 Å². The number of nitrogens with two attached hydrogens (primary N) is 1. The van der Waals surface area contributed by atoms with Crippen molar-refractivity contribution in [2.75, 3.05) is 33.9 Å². The quantitative estimate of drug-likeness (QED) is 0.0481. The van der Waals surface area contributed by atoms with Crippen LogP contribution in [0.25, 0.3) is 11.1 Å². The molecule has 5 N–H and O–H groups in total. The summed E-state index contributed by atoms with van der Waals surface area (Å²) in [5, 5.41) is 5.14. The second-order valence-corrected chi connectivity index (χ2v) is 17.2. The lowest BCUT2D eigenvalue weighted by molar-refractivity contribution is -0.147. The monoisotopic (exact) mass is 855 g/mol. The molecule has 0 saturated carbocycles. The Morgan fingerprint density at radius 1 is 0.951 bits per heavy atom. The fraction of sp³-hybridized carbons (Fsp3) is 0.378. The molecule has 324 valence electrons. The number of likely N-dealkylation sites (N-methyl/N-ethyl adjacent to an activating group) is 1. The molecule has 61 heavy (non-hydrogen) atoms. The number of amides is 2. The smallest absolute Gasteiger partial charge is 0.407 e. The molecule has 16 heteroatoms. The summed E-state index contributed by atoms with van der Waals surface area (Å²) in [7, 11) is -1.18. The Morgan fingerprint density at radius 2 is 1.62 bits per heavy atom. The van der Waals surface area contributed by atoms with Gasteiger partial charge in [0.15, 0.2) is 6.61 Å². The minimum Gasteiger partial charge on any atom is -0.496 e. The summed E-state index contributed by atoms with van der Waals surface area (Å²) in [4.78, 5) is 43.0. The number of alkyl carbamates (subject to hydrolysis) is 1. The van der Waals surface area contributed by atoms with Gasteiger partial charge in [-0.3, -0.25) is 9.79 Å². The summed E-state index contributed by atoms with van der Waals surface area (Å²) in [5.41, 5.74) is 13.1. The average Bonchev–Trinajstić information content (AvgIpc) is 3.74. The van der Waals surface area contributed by atoms with Crippen molar-refractivity contribution in [3.05, 3.63) is 106 Å². The first-order valence-corrected chi connectivity index (χ1v) is 21.4. The Kier molecular flexibility index (Phi) is 13.5. The van der Waals surface area contributed by atoms with Gasteiger partial charge in [-0.05, 0) is 98.5 Å². The SMILES string of the molecule is CNC(=O)COc1ccc(COC(=O)[C@H](CCCN=C(N)NS(=O)(=O)c2c(C)c(C)c3c(c2C)CC(C)(C)O3)NC(=O)OCC2c3ccccc3-c3ccccc32)c(OC)c1. The number of guanidine groups is 1. The normalized spacial score (nSPS) is 14.4. The van der Waals surface area contributed by atoms with Crippen LogP contribution in [0.4, 0.5) is 4.79 Å². The minimum absolute atomic E-state index is 0.0129. The second kappa shape index (κ2) is 18.5. The van der Waals surface area contributed by atoms with Crippen LogP contribution in [0, 0.1) is 20.8 Å². The maximum Gasteiger partial charge on any atom is 0.407 e. The maximum atomic E-state index is 13.7. The molecule has 4 aromatic rings. The summed E-state index contributed by atoms with van der Waals surface area (Å²) in [6.07, 6.45) is -0.00773. The molecule has 0 radical (unpaired) electrons. The Labute approximate surface area is 356 Å². The number of sulfonamides is 1. The van der Waals surface area contributed by atoms with Crippen LogP contribution in [-0.4, -0.2) is 77.9 Å². The van der Waals surface area contributed by atoms with Crippen molar-refractivity contribution < 1.29 is 46.5 Å². The molecule has 1 aliphatic carbocycles. The summed E-state index contributed by atoms with van der Waals surface area (Å²) < 4.78 is 58.3. The van der Waals surface area contributed by atoms with Crippen LogP contribution in [0.15, 0.2) is 76.6 Å². The highest BCUT2D eigenvalue weighted by molar-refractivity contribution is 7.90. The van der Waals surface area contributed by atoms with Crippen molar-refractivity contribution in [3.63, 3.8) is 0 Å². The largest absolute Gasteiger partial charge is 0.496 e. The molecular formula is C45H53N5O10S. The van der Waals surface area contributed by atoms with Gasteiger partial charge in [0, 0.05) is 43.1 Å². The predicted octanol–water partition coefficient (Wildman–Crippen LogP) is 5.48. The van der Waals surface area contributed by atoms with Crippen LogP contribution in [-0.2, 0) is 42.1 Å². The maximum absolute atomic E-state index is 13.7. The number of methoxy groups -OCH3 is 1. The minimum atomic E-state index is -4.13. The third kappa shape index (κ3) is 10.0. The second-order valence-electron chi connectivity index (χ2n) is 15.6. The third-order valence-corrected chi connectivity index (χ3v) is 12.6. The van der Waals surface area contributed by atoms with Crippen LogP contribution >= 0.6 is 0 Å². The number of rotatable bonds is 16.